The maximum absolute atomic E-state index is 10.6. The summed E-state index contributed by atoms with van der Waals surface area (Å²) >= 11 is 0. The second kappa shape index (κ2) is 4.62. The zero-order valence-corrected chi connectivity index (χ0v) is 9.05. The monoisotopic (exact) mass is 248 g/mol. The van der Waals surface area contributed by atoms with Crippen LogP contribution in [0.5, 0.6) is 0 Å². The van der Waals surface area contributed by atoms with Crippen LogP contribution in [0.4, 0.5) is 5.69 Å². The van der Waals surface area contributed by atoms with E-state index >= 15 is 0 Å². The number of rotatable bonds is 4. The molecule has 2 rings (SSSR count). The second-order valence-corrected chi connectivity index (χ2v) is 3.50. The van der Waals surface area contributed by atoms with Gasteiger partial charge in [-0.3, -0.25) is 14.9 Å². The van der Waals surface area contributed by atoms with Gasteiger partial charge in [-0.1, -0.05) is 11.3 Å². The molecule has 8 nitrogen and oxygen atoms in total. The standard InChI is InChI=1S/C10H8N4O4/c15-10(16)4-7-6-13(12-11-7)8-2-1-3-9(5-8)14(17)18/h1-3,5-6H,4H2,(H,15,16). The molecule has 8 heteroatoms. The normalized spacial score (nSPS) is 10.2. The third-order valence-corrected chi connectivity index (χ3v) is 2.18. The van der Waals surface area contributed by atoms with E-state index in [1.807, 2.05) is 0 Å². The van der Waals surface area contributed by atoms with Gasteiger partial charge in [0.05, 0.1) is 28.9 Å². The van der Waals surface area contributed by atoms with Crippen molar-refractivity contribution in [3.8, 4) is 5.69 Å². The number of carboxylic acids is 1. The molecule has 0 aliphatic carbocycles. The topological polar surface area (TPSA) is 111 Å². The molecular formula is C10H8N4O4. The second-order valence-electron chi connectivity index (χ2n) is 3.50. The van der Waals surface area contributed by atoms with Crippen LogP contribution >= 0.6 is 0 Å². The Morgan fingerprint density at radius 2 is 2.28 bits per heavy atom. The largest absolute Gasteiger partial charge is 0.481 e. The van der Waals surface area contributed by atoms with Gasteiger partial charge in [-0.15, -0.1) is 5.10 Å². The number of nitro groups is 1. The number of aromatic nitrogens is 3. The summed E-state index contributed by atoms with van der Waals surface area (Å²) in [6, 6.07) is 5.83. The van der Waals surface area contributed by atoms with E-state index in [0.717, 1.165) is 0 Å². The molecule has 0 atom stereocenters. The number of nitro benzene ring substituents is 1. The lowest BCUT2D eigenvalue weighted by molar-refractivity contribution is -0.384. The van der Waals surface area contributed by atoms with Crippen LogP contribution in [0.25, 0.3) is 5.69 Å². The molecule has 0 spiro atoms. The SMILES string of the molecule is O=C(O)Cc1cn(-c2cccc([N+](=O)[O-])c2)nn1. The summed E-state index contributed by atoms with van der Waals surface area (Å²) in [5, 5.41) is 26.6. The molecule has 18 heavy (non-hydrogen) atoms. The summed E-state index contributed by atoms with van der Waals surface area (Å²) in [5.74, 6) is -1.01. The summed E-state index contributed by atoms with van der Waals surface area (Å²) in [4.78, 5) is 20.6. The highest BCUT2D eigenvalue weighted by molar-refractivity contribution is 5.69. The summed E-state index contributed by atoms with van der Waals surface area (Å²) < 4.78 is 1.30. The molecule has 1 N–H and O–H groups in total. The van der Waals surface area contributed by atoms with Gasteiger partial charge in [-0.25, -0.2) is 4.68 Å². The first-order valence-electron chi connectivity index (χ1n) is 4.94. The first-order valence-corrected chi connectivity index (χ1v) is 4.94. The van der Waals surface area contributed by atoms with Crippen molar-refractivity contribution in [2.75, 3.05) is 0 Å². The molecule has 0 saturated heterocycles. The van der Waals surface area contributed by atoms with Crippen molar-refractivity contribution in [3.63, 3.8) is 0 Å². The van der Waals surface area contributed by atoms with Gasteiger partial charge in [0.1, 0.15) is 0 Å². The highest BCUT2D eigenvalue weighted by atomic mass is 16.6. The predicted molar refractivity (Wildman–Crippen MR) is 59.4 cm³/mol. The Labute approximate surface area is 101 Å². The Kier molecular flexibility index (Phi) is 3.00. The van der Waals surface area contributed by atoms with E-state index in [9.17, 15) is 14.9 Å². The molecule has 0 radical (unpaired) electrons. The van der Waals surface area contributed by atoms with Gasteiger partial charge in [0, 0.05) is 12.1 Å². The lowest BCUT2D eigenvalue weighted by atomic mass is 10.3. The third kappa shape index (κ3) is 2.48. The fourth-order valence-corrected chi connectivity index (χ4v) is 1.41. The van der Waals surface area contributed by atoms with E-state index < -0.39 is 10.9 Å². The number of aliphatic carboxylic acids is 1. The van der Waals surface area contributed by atoms with Gasteiger partial charge in [0.25, 0.3) is 5.69 Å². The van der Waals surface area contributed by atoms with E-state index in [0.29, 0.717) is 5.69 Å². The molecule has 2 aromatic rings. The Balaban J connectivity index is 2.31. The van der Waals surface area contributed by atoms with Gasteiger partial charge in [0.15, 0.2) is 0 Å². The minimum absolute atomic E-state index is 0.0669. The van der Waals surface area contributed by atoms with Crippen LogP contribution in [0.2, 0.25) is 0 Å². The molecule has 0 bridgehead atoms. The fourth-order valence-electron chi connectivity index (χ4n) is 1.41. The predicted octanol–water partition coefficient (Wildman–Crippen LogP) is 0.803. The van der Waals surface area contributed by atoms with Gasteiger partial charge in [-0.2, -0.15) is 0 Å². The molecule has 0 saturated carbocycles. The Morgan fingerprint density at radius 1 is 1.50 bits per heavy atom. The molecule has 0 aliphatic heterocycles. The molecule has 1 aromatic carbocycles. The highest BCUT2D eigenvalue weighted by Crippen LogP contribution is 2.15. The number of non-ortho nitro benzene ring substituents is 1. The van der Waals surface area contributed by atoms with Gasteiger partial charge < -0.3 is 5.11 Å². The number of carbonyl (C=O) groups is 1. The number of benzene rings is 1. The number of nitrogens with zero attached hydrogens (tertiary/aromatic N) is 4. The van der Waals surface area contributed by atoms with Crippen molar-refractivity contribution in [2.24, 2.45) is 0 Å². The van der Waals surface area contributed by atoms with Gasteiger partial charge >= 0.3 is 5.97 Å². The van der Waals surface area contributed by atoms with Crippen molar-refractivity contribution >= 4 is 11.7 Å². The van der Waals surface area contributed by atoms with Crippen LogP contribution in [0.15, 0.2) is 30.5 Å². The number of hydrogen-bond donors (Lipinski definition) is 1. The van der Waals surface area contributed by atoms with Crippen molar-refractivity contribution in [1.82, 2.24) is 15.0 Å². The third-order valence-electron chi connectivity index (χ3n) is 2.18. The molecule has 92 valence electrons. The smallest absolute Gasteiger partial charge is 0.309 e. The van der Waals surface area contributed by atoms with Crippen molar-refractivity contribution in [1.29, 1.82) is 0 Å². The average Bonchev–Trinajstić information content (AvgIpc) is 2.77. The van der Waals surface area contributed by atoms with Crippen LogP contribution in [0.1, 0.15) is 5.69 Å². The molecule has 1 heterocycles. The number of hydrogen-bond acceptors (Lipinski definition) is 5. The zero-order chi connectivity index (χ0) is 13.1. The van der Waals surface area contributed by atoms with Crippen molar-refractivity contribution in [2.45, 2.75) is 6.42 Å². The fraction of sp³-hybridized carbons (Fsp3) is 0.100. The lowest BCUT2D eigenvalue weighted by Gasteiger charge is -1.98. The molecule has 1 aromatic heterocycles. The van der Waals surface area contributed by atoms with E-state index in [4.69, 9.17) is 5.11 Å². The quantitative estimate of drug-likeness (QED) is 0.632. The molecule has 0 fully saturated rings. The van der Waals surface area contributed by atoms with Gasteiger partial charge in [0.2, 0.25) is 0 Å². The van der Waals surface area contributed by atoms with E-state index in [1.165, 1.54) is 29.1 Å². The number of carboxylic acid groups (broad SMARTS) is 1. The first-order chi connectivity index (χ1) is 8.56. The summed E-state index contributed by atoms with van der Waals surface area (Å²) in [6.07, 6.45) is 1.18. The molecule has 0 unspecified atom stereocenters. The zero-order valence-electron chi connectivity index (χ0n) is 9.05. The maximum Gasteiger partial charge on any atom is 0.309 e. The van der Waals surface area contributed by atoms with Crippen LogP contribution in [-0.4, -0.2) is 31.0 Å². The Morgan fingerprint density at radius 3 is 2.94 bits per heavy atom. The summed E-state index contributed by atoms with van der Waals surface area (Å²) in [5.41, 5.74) is 0.671. The van der Waals surface area contributed by atoms with E-state index in [2.05, 4.69) is 10.3 Å². The minimum atomic E-state index is -1.01. The highest BCUT2D eigenvalue weighted by Gasteiger charge is 2.10. The first kappa shape index (κ1) is 11.7. The van der Waals surface area contributed by atoms with E-state index in [-0.39, 0.29) is 17.8 Å². The molecule has 0 amide bonds. The Hall–Kier alpha value is -2.77. The van der Waals surface area contributed by atoms with Crippen LogP contribution < -0.4 is 0 Å². The van der Waals surface area contributed by atoms with Crippen molar-refractivity contribution < 1.29 is 14.8 Å². The summed E-state index contributed by atoms with van der Waals surface area (Å²) in [6.45, 7) is 0. The summed E-state index contributed by atoms with van der Waals surface area (Å²) in [7, 11) is 0. The van der Waals surface area contributed by atoms with Gasteiger partial charge in [-0.05, 0) is 6.07 Å². The molecule has 0 aliphatic rings. The van der Waals surface area contributed by atoms with E-state index in [1.54, 1.807) is 6.07 Å². The lowest BCUT2D eigenvalue weighted by Crippen LogP contribution is -2.00. The Bertz CT molecular complexity index is 607. The molecular weight excluding hydrogens is 240 g/mol. The van der Waals surface area contributed by atoms with Crippen molar-refractivity contribution in [3.05, 3.63) is 46.3 Å². The maximum atomic E-state index is 10.6. The van der Waals surface area contributed by atoms with Crippen LogP contribution in [-0.2, 0) is 11.2 Å². The minimum Gasteiger partial charge on any atom is -0.481 e. The van der Waals surface area contributed by atoms with Crippen LogP contribution in [0.3, 0.4) is 0 Å². The van der Waals surface area contributed by atoms with Crippen LogP contribution in [0, 0.1) is 10.1 Å². The average molecular weight is 248 g/mol.